The molecule has 0 aliphatic heterocycles. The number of carbonyl (C=O) groups excluding carboxylic acids is 2. The second-order valence-corrected chi connectivity index (χ2v) is 4.34. The Bertz CT molecular complexity index is 597. The monoisotopic (exact) mass is 323 g/mol. The van der Waals surface area contributed by atoms with Gasteiger partial charge in [-0.05, 0) is 31.0 Å². The van der Waals surface area contributed by atoms with Gasteiger partial charge in [-0.25, -0.2) is 14.4 Å². The van der Waals surface area contributed by atoms with Crippen molar-refractivity contribution in [1.82, 2.24) is 0 Å². The molecule has 0 bridgehead atoms. The molecule has 0 aromatic heterocycles. The molecule has 0 fully saturated rings. The van der Waals surface area contributed by atoms with Crippen molar-refractivity contribution in [2.45, 2.75) is 12.8 Å². The van der Waals surface area contributed by atoms with E-state index in [-0.39, 0.29) is 30.2 Å². The second-order valence-electron chi connectivity index (χ2n) is 4.34. The number of unbranched alkanes of at least 4 members (excludes halogenated alkanes) is 1. The highest BCUT2D eigenvalue weighted by molar-refractivity contribution is 5.89. The van der Waals surface area contributed by atoms with Crippen LogP contribution < -0.4 is 10.5 Å². The van der Waals surface area contributed by atoms with Gasteiger partial charge in [-0.15, -0.1) is 0 Å². The number of nitrogen functional groups attached to an aromatic ring is 1. The molecule has 0 radical (unpaired) electrons. The first-order chi connectivity index (χ1) is 10.9. The molecule has 1 aromatic rings. The van der Waals surface area contributed by atoms with Crippen molar-refractivity contribution in [3.8, 4) is 5.75 Å². The zero-order valence-electron chi connectivity index (χ0n) is 12.3. The SMILES string of the molecule is C=CC(=O)OCCCCOC(=O)Oc1ccc(C(=O)O)cc1N. The number of benzene rings is 1. The van der Waals surface area contributed by atoms with Gasteiger partial charge >= 0.3 is 18.1 Å². The maximum Gasteiger partial charge on any atom is 0.513 e. The van der Waals surface area contributed by atoms with Gasteiger partial charge < -0.3 is 25.1 Å². The first-order valence-electron chi connectivity index (χ1n) is 6.70. The van der Waals surface area contributed by atoms with Crippen LogP contribution in [0.3, 0.4) is 0 Å². The van der Waals surface area contributed by atoms with E-state index in [1.54, 1.807) is 0 Å². The van der Waals surface area contributed by atoms with Gasteiger partial charge in [-0.1, -0.05) is 6.58 Å². The first kappa shape index (κ1) is 18.0. The highest BCUT2D eigenvalue weighted by Crippen LogP contribution is 2.23. The maximum absolute atomic E-state index is 11.5. The molecule has 0 heterocycles. The number of carboxylic acid groups (broad SMARTS) is 1. The molecule has 23 heavy (non-hydrogen) atoms. The Morgan fingerprint density at radius 3 is 2.39 bits per heavy atom. The van der Waals surface area contributed by atoms with Crippen LogP contribution in [0.5, 0.6) is 5.75 Å². The fourth-order valence-electron chi connectivity index (χ4n) is 1.48. The van der Waals surface area contributed by atoms with E-state index in [0.29, 0.717) is 12.8 Å². The van der Waals surface area contributed by atoms with E-state index in [1.165, 1.54) is 18.2 Å². The number of hydrogen-bond donors (Lipinski definition) is 2. The van der Waals surface area contributed by atoms with Gasteiger partial charge in [0.25, 0.3) is 0 Å². The van der Waals surface area contributed by atoms with Crippen molar-refractivity contribution in [3.63, 3.8) is 0 Å². The Morgan fingerprint density at radius 2 is 1.83 bits per heavy atom. The van der Waals surface area contributed by atoms with Crippen LogP contribution in [0.25, 0.3) is 0 Å². The van der Waals surface area contributed by atoms with E-state index in [9.17, 15) is 14.4 Å². The summed E-state index contributed by atoms with van der Waals surface area (Å²) in [6, 6.07) is 3.71. The minimum Gasteiger partial charge on any atom is -0.478 e. The molecule has 0 saturated heterocycles. The molecular weight excluding hydrogens is 306 g/mol. The summed E-state index contributed by atoms with van der Waals surface area (Å²) in [6.07, 6.45) is 1.10. The van der Waals surface area contributed by atoms with Gasteiger partial charge in [0.05, 0.1) is 24.5 Å². The number of ether oxygens (including phenoxy) is 3. The first-order valence-corrected chi connectivity index (χ1v) is 6.70. The molecular formula is C15H17NO7. The van der Waals surface area contributed by atoms with E-state index >= 15 is 0 Å². The summed E-state index contributed by atoms with van der Waals surface area (Å²) in [5, 5.41) is 8.79. The molecule has 8 nitrogen and oxygen atoms in total. The van der Waals surface area contributed by atoms with Crippen LogP contribution in [0.1, 0.15) is 23.2 Å². The molecule has 0 atom stereocenters. The van der Waals surface area contributed by atoms with Gasteiger partial charge in [-0.3, -0.25) is 0 Å². The molecule has 0 aliphatic rings. The molecule has 0 unspecified atom stereocenters. The Morgan fingerprint density at radius 1 is 1.17 bits per heavy atom. The van der Waals surface area contributed by atoms with Crippen LogP contribution in [-0.2, 0) is 14.3 Å². The normalized spacial score (nSPS) is 9.74. The highest BCUT2D eigenvalue weighted by Gasteiger charge is 2.11. The Hall–Kier alpha value is -3.03. The van der Waals surface area contributed by atoms with Crippen molar-refractivity contribution >= 4 is 23.8 Å². The van der Waals surface area contributed by atoms with Gasteiger partial charge in [-0.2, -0.15) is 0 Å². The smallest absolute Gasteiger partial charge is 0.478 e. The Kier molecular flexibility index (Phi) is 7.12. The lowest BCUT2D eigenvalue weighted by Gasteiger charge is -2.08. The fraction of sp³-hybridized carbons (Fsp3) is 0.267. The predicted octanol–water partition coefficient (Wildman–Crippen LogP) is 1.99. The van der Waals surface area contributed by atoms with Crippen molar-refractivity contribution in [2.75, 3.05) is 18.9 Å². The highest BCUT2D eigenvalue weighted by atomic mass is 16.7. The standard InChI is InChI=1S/C15H17NO7/c1-2-13(17)21-7-3-4-8-22-15(20)23-12-6-5-10(14(18)19)9-11(12)16/h2,5-6,9H,1,3-4,7-8,16H2,(H,18,19). The van der Waals surface area contributed by atoms with Crippen LogP contribution in [0.2, 0.25) is 0 Å². The largest absolute Gasteiger partial charge is 0.513 e. The summed E-state index contributed by atoms with van der Waals surface area (Å²) in [6.45, 7) is 3.54. The van der Waals surface area contributed by atoms with Gasteiger partial charge in [0.1, 0.15) is 0 Å². The Balaban J connectivity index is 2.30. The summed E-state index contributed by atoms with van der Waals surface area (Å²) < 4.78 is 14.4. The Labute approximate surface area is 132 Å². The zero-order valence-corrected chi connectivity index (χ0v) is 12.3. The van der Waals surface area contributed by atoms with Crippen LogP contribution in [-0.4, -0.2) is 36.4 Å². The minimum atomic E-state index is -1.14. The van der Waals surface area contributed by atoms with Crippen molar-refractivity contribution in [1.29, 1.82) is 0 Å². The molecule has 0 amide bonds. The summed E-state index contributed by atoms with van der Waals surface area (Å²) in [4.78, 5) is 33.0. The summed E-state index contributed by atoms with van der Waals surface area (Å²) in [7, 11) is 0. The lowest BCUT2D eigenvalue weighted by molar-refractivity contribution is -0.137. The number of carbonyl (C=O) groups is 3. The van der Waals surface area contributed by atoms with Gasteiger partial charge in [0.15, 0.2) is 5.75 Å². The quantitative estimate of drug-likeness (QED) is 0.244. The molecule has 1 rings (SSSR count). The average Bonchev–Trinajstić information content (AvgIpc) is 2.52. The van der Waals surface area contributed by atoms with E-state index < -0.39 is 18.1 Å². The fourth-order valence-corrected chi connectivity index (χ4v) is 1.48. The van der Waals surface area contributed by atoms with Crippen LogP contribution >= 0.6 is 0 Å². The zero-order chi connectivity index (χ0) is 17.2. The van der Waals surface area contributed by atoms with Crippen LogP contribution in [0.15, 0.2) is 30.9 Å². The van der Waals surface area contributed by atoms with E-state index in [1.807, 2.05) is 0 Å². The summed E-state index contributed by atoms with van der Waals surface area (Å²) in [5.74, 6) is -1.63. The molecule has 0 spiro atoms. The van der Waals surface area contributed by atoms with Crippen molar-refractivity contribution in [3.05, 3.63) is 36.4 Å². The molecule has 0 saturated carbocycles. The molecule has 124 valence electrons. The van der Waals surface area contributed by atoms with Gasteiger partial charge in [0, 0.05) is 6.08 Å². The number of esters is 1. The number of nitrogens with two attached hydrogens (primary N) is 1. The molecule has 0 aliphatic carbocycles. The van der Waals surface area contributed by atoms with E-state index in [2.05, 4.69) is 6.58 Å². The number of rotatable bonds is 8. The predicted molar refractivity (Wildman–Crippen MR) is 80.2 cm³/mol. The third-order valence-electron chi connectivity index (χ3n) is 2.62. The van der Waals surface area contributed by atoms with Crippen molar-refractivity contribution < 1.29 is 33.7 Å². The third-order valence-corrected chi connectivity index (χ3v) is 2.62. The van der Waals surface area contributed by atoms with Crippen molar-refractivity contribution in [2.24, 2.45) is 0 Å². The molecule has 8 heteroatoms. The maximum atomic E-state index is 11.5. The lowest BCUT2D eigenvalue weighted by atomic mass is 10.2. The topological polar surface area (TPSA) is 125 Å². The summed E-state index contributed by atoms with van der Waals surface area (Å²) >= 11 is 0. The molecule has 3 N–H and O–H groups in total. The minimum absolute atomic E-state index is 0.0122. The van der Waals surface area contributed by atoms with E-state index in [4.69, 9.17) is 25.1 Å². The number of hydrogen-bond acceptors (Lipinski definition) is 7. The number of carboxylic acids is 1. The average molecular weight is 323 g/mol. The lowest BCUT2D eigenvalue weighted by Crippen LogP contribution is -2.13. The number of anilines is 1. The van der Waals surface area contributed by atoms with Crippen LogP contribution in [0.4, 0.5) is 10.5 Å². The van der Waals surface area contributed by atoms with E-state index in [0.717, 1.165) is 6.08 Å². The van der Waals surface area contributed by atoms with Gasteiger partial charge in [0.2, 0.25) is 0 Å². The van der Waals surface area contributed by atoms with Crippen LogP contribution in [0, 0.1) is 0 Å². The summed E-state index contributed by atoms with van der Waals surface area (Å²) in [5.41, 5.74) is 5.59. The number of aromatic carboxylic acids is 1. The third kappa shape index (κ3) is 6.51. The second kappa shape index (κ2) is 9.08. The molecule has 1 aromatic carbocycles.